The van der Waals surface area contributed by atoms with Crippen LogP contribution >= 0.6 is 15.9 Å². The van der Waals surface area contributed by atoms with Gasteiger partial charge in [-0.05, 0) is 43.5 Å². The number of carbonyl (C=O) groups is 2. The Hall–Kier alpha value is -1.36. The van der Waals surface area contributed by atoms with Crippen molar-refractivity contribution in [1.82, 2.24) is 0 Å². The summed E-state index contributed by atoms with van der Waals surface area (Å²) in [6.45, 7) is 0.604. The topological polar surface area (TPSA) is 52.6 Å². The molecule has 5 heteroatoms. The van der Waals surface area contributed by atoms with Crippen LogP contribution in [0.2, 0.25) is 0 Å². The number of carbonyl (C=O) groups excluding carboxylic acids is 2. The summed E-state index contributed by atoms with van der Waals surface area (Å²) in [5.74, 6) is 0.640. The lowest BCUT2D eigenvalue weighted by molar-refractivity contribution is -0.140. The fourth-order valence-electron chi connectivity index (χ4n) is 1.65. The minimum Gasteiger partial charge on any atom is -0.494 e. The van der Waals surface area contributed by atoms with Crippen molar-refractivity contribution in [3.05, 3.63) is 29.8 Å². The van der Waals surface area contributed by atoms with Gasteiger partial charge in [0, 0.05) is 12.0 Å². The van der Waals surface area contributed by atoms with E-state index in [1.54, 1.807) is 24.3 Å². The zero-order chi connectivity index (χ0) is 14.8. The fraction of sp³-hybridized carbons (Fsp3) is 0.467. The van der Waals surface area contributed by atoms with E-state index in [0.29, 0.717) is 23.9 Å². The molecular formula is C15H19BrO4. The smallest absolute Gasteiger partial charge is 0.305 e. The van der Waals surface area contributed by atoms with E-state index in [9.17, 15) is 9.59 Å². The van der Waals surface area contributed by atoms with Crippen LogP contribution in [0.25, 0.3) is 0 Å². The van der Waals surface area contributed by atoms with Gasteiger partial charge >= 0.3 is 5.97 Å². The Bertz CT molecular complexity index is 428. The van der Waals surface area contributed by atoms with E-state index in [-0.39, 0.29) is 11.8 Å². The van der Waals surface area contributed by atoms with Crippen molar-refractivity contribution in [1.29, 1.82) is 0 Å². The van der Waals surface area contributed by atoms with E-state index in [1.165, 1.54) is 7.11 Å². The molecule has 0 heterocycles. The Kier molecular flexibility index (Phi) is 7.95. The Morgan fingerprint density at radius 2 is 1.80 bits per heavy atom. The van der Waals surface area contributed by atoms with Gasteiger partial charge in [0.15, 0.2) is 5.78 Å². The van der Waals surface area contributed by atoms with Gasteiger partial charge in [0.1, 0.15) is 5.75 Å². The molecule has 0 bridgehead atoms. The molecule has 0 aliphatic carbocycles. The molecule has 0 radical (unpaired) electrons. The molecule has 20 heavy (non-hydrogen) atoms. The Balaban J connectivity index is 2.19. The molecular weight excluding hydrogens is 324 g/mol. The quantitative estimate of drug-likeness (QED) is 0.299. The minimum absolute atomic E-state index is 0.0550. The van der Waals surface area contributed by atoms with Gasteiger partial charge in [0.05, 0.1) is 19.0 Å². The number of halogens is 1. The first-order valence-corrected chi connectivity index (χ1v) is 7.68. The number of unbranched alkanes of at least 4 members (excludes halogenated alkanes) is 2. The van der Waals surface area contributed by atoms with Crippen molar-refractivity contribution in [2.75, 3.05) is 19.0 Å². The number of ketones is 1. The van der Waals surface area contributed by atoms with Crippen LogP contribution in [-0.4, -0.2) is 30.8 Å². The molecule has 1 rings (SSSR count). The second-order valence-corrected chi connectivity index (χ2v) is 4.88. The summed E-state index contributed by atoms with van der Waals surface area (Å²) in [5, 5.41) is 0.327. The second-order valence-electron chi connectivity index (χ2n) is 4.32. The van der Waals surface area contributed by atoms with Gasteiger partial charge in [0.2, 0.25) is 0 Å². The summed E-state index contributed by atoms with van der Waals surface area (Å²) in [5.41, 5.74) is 0.673. The number of alkyl halides is 1. The van der Waals surface area contributed by atoms with Crippen LogP contribution < -0.4 is 4.74 Å². The van der Waals surface area contributed by atoms with Crippen LogP contribution in [0.5, 0.6) is 5.75 Å². The first-order valence-electron chi connectivity index (χ1n) is 6.56. The maximum Gasteiger partial charge on any atom is 0.305 e. The molecule has 4 nitrogen and oxygen atoms in total. The molecule has 0 aliphatic heterocycles. The van der Waals surface area contributed by atoms with E-state index in [2.05, 4.69) is 20.7 Å². The Morgan fingerprint density at radius 3 is 2.40 bits per heavy atom. The molecule has 0 aromatic heterocycles. The lowest BCUT2D eigenvalue weighted by Crippen LogP contribution is -2.02. The summed E-state index contributed by atoms with van der Waals surface area (Å²) in [7, 11) is 1.40. The van der Waals surface area contributed by atoms with Crippen molar-refractivity contribution in [3.63, 3.8) is 0 Å². The number of hydrogen-bond acceptors (Lipinski definition) is 4. The number of hydrogen-bond donors (Lipinski definition) is 0. The van der Waals surface area contributed by atoms with Gasteiger partial charge in [-0.2, -0.15) is 0 Å². The molecule has 0 N–H and O–H groups in total. The predicted molar refractivity (Wildman–Crippen MR) is 80.5 cm³/mol. The predicted octanol–water partition coefficient (Wildman–Crippen LogP) is 3.38. The molecule has 1 aromatic carbocycles. The molecule has 0 saturated carbocycles. The van der Waals surface area contributed by atoms with Crippen LogP contribution in [0, 0.1) is 0 Å². The first kappa shape index (κ1) is 16.7. The van der Waals surface area contributed by atoms with E-state index < -0.39 is 0 Å². The molecule has 1 aromatic rings. The normalized spacial score (nSPS) is 10.1. The van der Waals surface area contributed by atoms with Crippen LogP contribution in [0.15, 0.2) is 24.3 Å². The molecule has 0 spiro atoms. The van der Waals surface area contributed by atoms with Crippen molar-refractivity contribution in [2.45, 2.75) is 25.7 Å². The van der Waals surface area contributed by atoms with Gasteiger partial charge in [-0.25, -0.2) is 0 Å². The van der Waals surface area contributed by atoms with Crippen molar-refractivity contribution < 1.29 is 19.1 Å². The van der Waals surface area contributed by atoms with Gasteiger partial charge in [-0.1, -0.05) is 15.9 Å². The largest absolute Gasteiger partial charge is 0.494 e. The van der Waals surface area contributed by atoms with Crippen molar-refractivity contribution >= 4 is 27.7 Å². The van der Waals surface area contributed by atoms with Crippen molar-refractivity contribution in [3.8, 4) is 5.75 Å². The molecule has 0 saturated heterocycles. The van der Waals surface area contributed by atoms with Crippen LogP contribution in [-0.2, 0) is 9.53 Å². The lowest BCUT2D eigenvalue weighted by Gasteiger charge is -2.06. The van der Waals surface area contributed by atoms with Gasteiger partial charge in [-0.3, -0.25) is 9.59 Å². The van der Waals surface area contributed by atoms with Gasteiger partial charge < -0.3 is 9.47 Å². The second kappa shape index (κ2) is 9.53. The summed E-state index contributed by atoms with van der Waals surface area (Å²) >= 11 is 3.14. The SMILES string of the molecule is COC(=O)CCCCCOc1ccc(C(=O)CBr)cc1. The molecule has 0 fully saturated rings. The number of rotatable bonds is 9. The number of ether oxygens (including phenoxy) is 2. The summed E-state index contributed by atoms with van der Waals surface area (Å²) in [6.07, 6.45) is 3.09. The van der Waals surface area contributed by atoms with Gasteiger partial charge in [-0.15, -0.1) is 0 Å². The highest BCUT2D eigenvalue weighted by Crippen LogP contribution is 2.14. The highest BCUT2D eigenvalue weighted by atomic mass is 79.9. The molecule has 0 amide bonds. The first-order chi connectivity index (χ1) is 9.67. The number of methoxy groups -OCH3 is 1. The maximum absolute atomic E-state index is 11.4. The number of esters is 1. The highest BCUT2D eigenvalue weighted by Gasteiger charge is 2.03. The third-order valence-electron chi connectivity index (χ3n) is 2.82. The third kappa shape index (κ3) is 6.19. The standard InChI is InChI=1S/C15H19BrO4/c1-19-15(18)5-3-2-4-10-20-13-8-6-12(7-9-13)14(17)11-16/h6-9H,2-5,10-11H2,1H3. The number of benzene rings is 1. The van der Waals surface area contributed by atoms with E-state index in [4.69, 9.17) is 4.74 Å². The molecule has 0 aliphatic rings. The van der Waals surface area contributed by atoms with Gasteiger partial charge in [0.25, 0.3) is 0 Å². The average molecular weight is 343 g/mol. The van der Waals surface area contributed by atoms with Crippen LogP contribution in [0.4, 0.5) is 0 Å². The molecule has 0 unspecified atom stereocenters. The Labute approximate surface area is 127 Å². The zero-order valence-electron chi connectivity index (χ0n) is 11.6. The van der Waals surface area contributed by atoms with Crippen LogP contribution in [0.3, 0.4) is 0 Å². The fourth-order valence-corrected chi connectivity index (χ4v) is 1.98. The van der Waals surface area contributed by atoms with E-state index >= 15 is 0 Å². The summed E-state index contributed by atoms with van der Waals surface area (Å²) in [4.78, 5) is 22.3. The van der Waals surface area contributed by atoms with Crippen molar-refractivity contribution in [2.24, 2.45) is 0 Å². The maximum atomic E-state index is 11.4. The van der Waals surface area contributed by atoms with E-state index in [1.807, 2.05) is 0 Å². The summed E-state index contributed by atoms with van der Waals surface area (Å²) in [6, 6.07) is 7.11. The minimum atomic E-state index is -0.169. The Morgan fingerprint density at radius 1 is 1.10 bits per heavy atom. The van der Waals surface area contributed by atoms with Crippen LogP contribution in [0.1, 0.15) is 36.0 Å². The molecule has 110 valence electrons. The highest BCUT2D eigenvalue weighted by molar-refractivity contribution is 9.09. The molecule has 0 atom stereocenters. The number of Topliss-reactive ketones (excluding diaryl/α,β-unsaturated/α-hetero) is 1. The van der Waals surface area contributed by atoms with E-state index in [0.717, 1.165) is 25.0 Å². The third-order valence-corrected chi connectivity index (χ3v) is 3.33. The monoisotopic (exact) mass is 342 g/mol. The summed E-state index contributed by atoms with van der Waals surface area (Å²) < 4.78 is 10.1. The average Bonchev–Trinajstić information content (AvgIpc) is 2.50. The lowest BCUT2D eigenvalue weighted by atomic mass is 10.1. The zero-order valence-corrected chi connectivity index (χ0v) is 13.1.